The first kappa shape index (κ1) is 13.5. The molecule has 16 heavy (non-hydrogen) atoms. The molecule has 0 heterocycles. The van der Waals surface area contributed by atoms with Crippen LogP contribution in [0.3, 0.4) is 0 Å². The number of hydrogen-bond donors (Lipinski definition) is 1. The van der Waals surface area contributed by atoms with Gasteiger partial charge in [0.25, 0.3) is 0 Å². The lowest BCUT2D eigenvalue weighted by atomic mass is 9.75. The molecule has 1 aliphatic rings. The molecule has 0 spiro atoms. The van der Waals surface area contributed by atoms with Gasteiger partial charge in [-0.2, -0.15) is 0 Å². The molecule has 3 unspecified atom stereocenters. The van der Waals surface area contributed by atoms with Crippen LogP contribution in [0.25, 0.3) is 0 Å². The van der Waals surface area contributed by atoms with Crippen LogP contribution in [-0.4, -0.2) is 23.3 Å². The molecule has 0 saturated heterocycles. The number of carbonyl (C=O) groups excluding carboxylic acids is 1. The molecule has 3 nitrogen and oxygen atoms in total. The number of esters is 1. The fourth-order valence-corrected chi connectivity index (χ4v) is 2.50. The van der Waals surface area contributed by atoms with Crippen LogP contribution in [0.15, 0.2) is 0 Å². The van der Waals surface area contributed by atoms with Gasteiger partial charge < -0.3 is 9.84 Å². The number of ether oxygens (including phenoxy) is 1. The number of rotatable bonds is 3. The lowest BCUT2D eigenvalue weighted by Crippen LogP contribution is -2.37. The van der Waals surface area contributed by atoms with Crippen LogP contribution in [0.1, 0.15) is 47.0 Å². The second-order valence-corrected chi connectivity index (χ2v) is 5.48. The Hall–Kier alpha value is -0.570. The average molecular weight is 228 g/mol. The van der Waals surface area contributed by atoms with E-state index in [1.54, 1.807) is 0 Å². The molecule has 3 heteroatoms. The largest absolute Gasteiger partial charge is 0.460 e. The Morgan fingerprint density at radius 1 is 1.31 bits per heavy atom. The zero-order valence-electron chi connectivity index (χ0n) is 10.8. The van der Waals surface area contributed by atoms with Gasteiger partial charge in [0.15, 0.2) is 0 Å². The van der Waals surface area contributed by atoms with Gasteiger partial charge in [-0.3, -0.25) is 0 Å². The Bertz CT molecular complexity index is 235. The van der Waals surface area contributed by atoms with Crippen molar-refractivity contribution in [2.45, 2.75) is 59.2 Å². The minimum atomic E-state index is -1.01. The molecular formula is C13H24O3. The molecular weight excluding hydrogens is 204 g/mol. The Labute approximate surface area is 98.2 Å². The zero-order chi connectivity index (χ0) is 12.3. The van der Waals surface area contributed by atoms with Crippen molar-refractivity contribution in [1.29, 1.82) is 0 Å². The van der Waals surface area contributed by atoms with E-state index in [2.05, 4.69) is 20.8 Å². The van der Waals surface area contributed by atoms with Gasteiger partial charge in [-0.25, -0.2) is 4.79 Å². The standard InChI is InChI=1S/C13H24O3/c1-8(2)11-6-5-9(3)7-12(11)16-13(15)10(4)14/h8-12,14H,5-7H2,1-4H3/t9?,10-,11?,12?/m1/s1. The summed E-state index contributed by atoms with van der Waals surface area (Å²) in [6.45, 7) is 7.99. The molecule has 0 bridgehead atoms. The summed E-state index contributed by atoms with van der Waals surface area (Å²) in [6, 6.07) is 0. The molecule has 1 N–H and O–H groups in total. The predicted octanol–water partition coefficient (Wildman–Crippen LogP) is 2.37. The Kier molecular flexibility index (Phi) is 4.78. The topological polar surface area (TPSA) is 46.5 Å². The van der Waals surface area contributed by atoms with E-state index in [4.69, 9.17) is 9.84 Å². The van der Waals surface area contributed by atoms with Gasteiger partial charge in [0.05, 0.1) is 0 Å². The van der Waals surface area contributed by atoms with Crippen LogP contribution in [-0.2, 0) is 9.53 Å². The summed E-state index contributed by atoms with van der Waals surface area (Å²) in [5, 5.41) is 9.17. The van der Waals surface area contributed by atoms with Gasteiger partial charge in [-0.15, -0.1) is 0 Å². The van der Waals surface area contributed by atoms with E-state index in [1.165, 1.54) is 13.3 Å². The van der Waals surface area contributed by atoms with Crippen molar-refractivity contribution in [1.82, 2.24) is 0 Å². The van der Waals surface area contributed by atoms with E-state index in [0.29, 0.717) is 17.8 Å². The minimum Gasteiger partial charge on any atom is -0.460 e. The first-order valence-corrected chi connectivity index (χ1v) is 6.30. The maximum atomic E-state index is 11.4. The quantitative estimate of drug-likeness (QED) is 0.754. The third-order valence-corrected chi connectivity index (χ3v) is 3.57. The summed E-state index contributed by atoms with van der Waals surface area (Å²) in [7, 11) is 0. The Morgan fingerprint density at radius 2 is 1.94 bits per heavy atom. The normalized spacial score (nSPS) is 32.5. The molecule has 1 aliphatic carbocycles. The highest BCUT2D eigenvalue weighted by atomic mass is 16.6. The zero-order valence-corrected chi connectivity index (χ0v) is 10.8. The molecule has 1 fully saturated rings. The van der Waals surface area contributed by atoms with Gasteiger partial charge in [0.2, 0.25) is 0 Å². The number of carbonyl (C=O) groups is 1. The molecule has 0 amide bonds. The van der Waals surface area contributed by atoms with Crippen LogP contribution < -0.4 is 0 Å². The summed E-state index contributed by atoms with van der Waals surface area (Å²) in [6.07, 6.45) is 2.25. The smallest absolute Gasteiger partial charge is 0.334 e. The van der Waals surface area contributed by atoms with Crippen molar-refractivity contribution >= 4 is 5.97 Å². The van der Waals surface area contributed by atoms with Gasteiger partial charge >= 0.3 is 5.97 Å². The second kappa shape index (κ2) is 5.67. The molecule has 0 aromatic heterocycles. The SMILES string of the molecule is CC1CCC(C(C)C)C(OC(=O)[C@@H](C)O)C1. The number of aliphatic hydroxyl groups excluding tert-OH is 1. The van der Waals surface area contributed by atoms with Crippen LogP contribution in [0, 0.1) is 17.8 Å². The molecule has 4 atom stereocenters. The van der Waals surface area contributed by atoms with E-state index in [0.717, 1.165) is 12.8 Å². The highest BCUT2D eigenvalue weighted by Gasteiger charge is 2.33. The predicted molar refractivity (Wildman–Crippen MR) is 62.9 cm³/mol. The van der Waals surface area contributed by atoms with Crippen molar-refractivity contribution in [2.24, 2.45) is 17.8 Å². The van der Waals surface area contributed by atoms with E-state index >= 15 is 0 Å². The van der Waals surface area contributed by atoms with Gasteiger partial charge in [0.1, 0.15) is 12.2 Å². The third-order valence-electron chi connectivity index (χ3n) is 3.57. The first-order valence-electron chi connectivity index (χ1n) is 6.30. The molecule has 1 rings (SSSR count). The Balaban J connectivity index is 2.61. The first-order chi connectivity index (χ1) is 7.41. The molecule has 0 aliphatic heterocycles. The van der Waals surface area contributed by atoms with E-state index in [1.807, 2.05) is 0 Å². The van der Waals surface area contributed by atoms with E-state index in [9.17, 15) is 4.79 Å². The fourth-order valence-electron chi connectivity index (χ4n) is 2.50. The summed E-state index contributed by atoms with van der Waals surface area (Å²) >= 11 is 0. The second-order valence-electron chi connectivity index (χ2n) is 5.48. The van der Waals surface area contributed by atoms with Crippen molar-refractivity contribution < 1.29 is 14.6 Å². The summed E-state index contributed by atoms with van der Waals surface area (Å²) in [5.41, 5.74) is 0. The number of aliphatic hydroxyl groups is 1. The van der Waals surface area contributed by atoms with Gasteiger partial charge in [-0.05, 0) is 37.5 Å². The van der Waals surface area contributed by atoms with Crippen molar-refractivity contribution in [3.63, 3.8) is 0 Å². The molecule has 1 saturated carbocycles. The highest BCUT2D eigenvalue weighted by molar-refractivity contribution is 5.74. The summed E-state index contributed by atoms with van der Waals surface area (Å²) in [5.74, 6) is 1.10. The monoisotopic (exact) mass is 228 g/mol. The van der Waals surface area contributed by atoms with Crippen molar-refractivity contribution in [2.75, 3.05) is 0 Å². The average Bonchev–Trinajstić information content (AvgIpc) is 2.16. The van der Waals surface area contributed by atoms with Crippen LogP contribution in [0.4, 0.5) is 0 Å². The lowest BCUT2D eigenvalue weighted by molar-refractivity contribution is -0.164. The van der Waals surface area contributed by atoms with Crippen molar-refractivity contribution in [3.8, 4) is 0 Å². The molecule has 0 aromatic rings. The van der Waals surface area contributed by atoms with E-state index in [-0.39, 0.29) is 6.10 Å². The maximum Gasteiger partial charge on any atom is 0.334 e. The maximum absolute atomic E-state index is 11.4. The van der Waals surface area contributed by atoms with Crippen molar-refractivity contribution in [3.05, 3.63) is 0 Å². The van der Waals surface area contributed by atoms with E-state index < -0.39 is 12.1 Å². The Morgan fingerprint density at radius 3 is 2.44 bits per heavy atom. The van der Waals surface area contributed by atoms with Gasteiger partial charge in [-0.1, -0.05) is 27.2 Å². The third kappa shape index (κ3) is 3.48. The highest BCUT2D eigenvalue weighted by Crippen LogP contribution is 2.35. The number of hydrogen-bond acceptors (Lipinski definition) is 3. The molecule has 0 radical (unpaired) electrons. The fraction of sp³-hybridized carbons (Fsp3) is 0.923. The van der Waals surface area contributed by atoms with Crippen LogP contribution in [0.2, 0.25) is 0 Å². The minimum absolute atomic E-state index is 0.00847. The summed E-state index contributed by atoms with van der Waals surface area (Å²) < 4.78 is 5.41. The molecule has 0 aromatic carbocycles. The summed E-state index contributed by atoms with van der Waals surface area (Å²) in [4.78, 5) is 11.4. The molecule has 94 valence electrons. The van der Waals surface area contributed by atoms with Crippen LogP contribution >= 0.6 is 0 Å². The lowest BCUT2D eigenvalue weighted by Gasteiger charge is -2.36. The van der Waals surface area contributed by atoms with Gasteiger partial charge in [0, 0.05) is 0 Å². The van der Waals surface area contributed by atoms with Crippen LogP contribution in [0.5, 0.6) is 0 Å².